The Balaban J connectivity index is 1.50. The van der Waals surface area contributed by atoms with Gasteiger partial charge in [-0.2, -0.15) is 0 Å². The summed E-state index contributed by atoms with van der Waals surface area (Å²) in [6.45, 7) is 3.92. The van der Waals surface area contributed by atoms with E-state index in [-0.39, 0.29) is 11.8 Å². The van der Waals surface area contributed by atoms with Crippen molar-refractivity contribution in [3.63, 3.8) is 0 Å². The molecule has 0 spiro atoms. The number of hydrogen-bond acceptors (Lipinski definition) is 5. The number of rotatable bonds is 7. The normalized spacial score (nSPS) is 14.5. The van der Waals surface area contributed by atoms with Crippen molar-refractivity contribution in [2.24, 2.45) is 0 Å². The zero-order valence-corrected chi connectivity index (χ0v) is 17.1. The van der Waals surface area contributed by atoms with Crippen LogP contribution in [0.2, 0.25) is 0 Å². The molecule has 2 aromatic rings. The van der Waals surface area contributed by atoms with Crippen LogP contribution in [0.3, 0.4) is 0 Å². The molecule has 2 heterocycles. The van der Waals surface area contributed by atoms with E-state index < -0.39 is 0 Å². The first kappa shape index (κ1) is 20.5. The van der Waals surface area contributed by atoms with Gasteiger partial charge >= 0.3 is 0 Å². The van der Waals surface area contributed by atoms with Crippen molar-refractivity contribution in [3.05, 3.63) is 47.3 Å². The average molecular weight is 402 g/mol. The van der Waals surface area contributed by atoms with Crippen molar-refractivity contribution in [2.75, 3.05) is 19.6 Å². The first-order chi connectivity index (χ1) is 13.6. The SMILES string of the molecule is Cc1cc(CSc2ccccc2C(=O)NCCC(=O)N2CCCCCC2)on1. The molecule has 1 saturated heterocycles. The third kappa shape index (κ3) is 5.86. The highest BCUT2D eigenvalue weighted by atomic mass is 32.2. The lowest BCUT2D eigenvalue weighted by Gasteiger charge is -2.20. The molecule has 1 aliphatic rings. The fourth-order valence-corrected chi connectivity index (χ4v) is 4.19. The maximum Gasteiger partial charge on any atom is 0.252 e. The molecule has 1 N–H and O–H groups in total. The third-order valence-corrected chi connectivity index (χ3v) is 5.86. The molecule has 150 valence electrons. The van der Waals surface area contributed by atoms with Crippen LogP contribution in [0.15, 0.2) is 39.8 Å². The molecule has 6 nitrogen and oxygen atoms in total. The lowest BCUT2D eigenvalue weighted by Crippen LogP contribution is -2.35. The minimum Gasteiger partial charge on any atom is -0.360 e. The van der Waals surface area contributed by atoms with Crippen molar-refractivity contribution in [3.8, 4) is 0 Å². The van der Waals surface area contributed by atoms with Crippen LogP contribution in [0, 0.1) is 6.92 Å². The van der Waals surface area contributed by atoms with E-state index >= 15 is 0 Å². The second kappa shape index (κ2) is 10.3. The van der Waals surface area contributed by atoms with E-state index in [1.165, 1.54) is 24.6 Å². The molecule has 1 aromatic carbocycles. The minimum atomic E-state index is -0.152. The van der Waals surface area contributed by atoms with Crippen LogP contribution in [0.1, 0.15) is 53.9 Å². The maximum atomic E-state index is 12.6. The molecule has 0 aliphatic carbocycles. The molecule has 1 aromatic heterocycles. The standard InChI is InChI=1S/C21H27N3O3S/c1-16-14-17(27-23-16)15-28-19-9-5-4-8-18(19)21(26)22-11-10-20(25)24-12-6-2-3-7-13-24/h4-5,8-9,14H,2-3,6-7,10-13,15H2,1H3,(H,22,26). The van der Waals surface area contributed by atoms with Gasteiger partial charge in [0, 0.05) is 37.0 Å². The minimum absolute atomic E-state index is 0.130. The van der Waals surface area contributed by atoms with Crippen molar-refractivity contribution in [2.45, 2.75) is 49.7 Å². The third-order valence-electron chi connectivity index (χ3n) is 4.76. The lowest BCUT2D eigenvalue weighted by molar-refractivity contribution is -0.131. The predicted octanol–water partition coefficient (Wildman–Crippen LogP) is 3.80. The number of thioether (sulfide) groups is 1. The van der Waals surface area contributed by atoms with Crippen molar-refractivity contribution >= 4 is 23.6 Å². The molecule has 0 radical (unpaired) electrons. The van der Waals surface area contributed by atoms with Gasteiger partial charge in [-0.15, -0.1) is 11.8 Å². The van der Waals surface area contributed by atoms with Gasteiger partial charge in [0.05, 0.1) is 17.0 Å². The molecular weight excluding hydrogens is 374 g/mol. The molecule has 0 atom stereocenters. The summed E-state index contributed by atoms with van der Waals surface area (Å²) >= 11 is 1.54. The smallest absolute Gasteiger partial charge is 0.252 e. The Hall–Kier alpha value is -2.28. The Morgan fingerprint density at radius 2 is 1.93 bits per heavy atom. The predicted molar refractivity (Wildman–Crippen MR) is 109 cm³/mol. The van der Waals surface area contributed by atoms with Crippen molar-refractivity contribution in [1.29, 1.82) is 0 Å². The largest absolute Gasteiger partial charge is 0.360 e. The van der Waals surface area contributed by atoms with Crippen LogP contribution in [0.5, 0.6) is 0 Å². The van der Waals surface area contributed by atoms with Gasteiger partial charge in [0.1, 0.15) is 5.76 Å². The molecule has 7 heteroatoms. The van der Waals surface area contributed by atoms with E-state index in [0.717, 1.165) is 42.3 Å². The summed E-state index contributed by atoms with van der Waals surface area (Å²) in [6, 6.07) is 9.38. The Bertz CT molecular complexity index is 798. The van der Waals surface area contributed by atoms with Gasteiger partial charge in [0.15, 0.2) is 0 Å². The molecule has 1 fully saturated rings. The highest BCUT2D eigenvalue weighted by Gasteiger charge is 2.16. The van der Waals surface area contributed by atoms with Crippen LogP contribution >= 0.6 is 11.8 Å². The number of aryl methyl sites for hydroxylation is 1. The Kier molecular flexibility index (Phi) is 7.54. The molecule has 28 heavy (non-hydrogen) atoms. The highest BCUT2D eigenvalue weighted by molar-refractivity contribution is 7.98. The molecule has 2 amide bonds. The van der Waals surface area contributed by atoms with Crippen molar-refractivity contribution in [1.82, 2.24) is 15.4 Å². The fourth-order valence-electron chi connectivity index (χ4n) is 3.27. The van der Waals surface area contributed by atoms with Gasteiger partial charge in [-0.25, -0.2) is 0 Å². The lowest BCUT2D eigenvalue weighted by atomic mass is 10.2. The number of benzene rings is 1. The Labute approximate surface area is 170 Å². The van der Waals surface area contributed by atoms with Gasteiger partial charge in [-0.05, 0) is 31.9 Å². The number of likely N-dealkylation sites (tertiary alicyclic amines) is 1. The van der Waals surface area contributed by atoms with Crippen LogP contribution in [0.4, 0.5) is 0 Å². The first-order valence-corrected chi connectivity index (χ1v) is 10.8. The van der Waals surface area contributed by atoms with Crippen LogP contribution in [-0.4, -0.2) is 41.5 Å². The summed E-state index contributed by atoms with van der Waals surface area (Å²) in [5.41, 5.74) is 1.46. The number of nitrogens with zero attached hydrogens (tertiary/aromatic N) is 2. The molecule has 1 aliphatic heterocycles. The van der Waals surface area contributed by atoms with Gasteiger partial charge < -0.3 is 14.7 Å². The number of amides is 2. The summed E-state index contributed by atoms with van der Waals surface area (Å²) in [5, 5.41) is 6.78. The van der Waals surface area contributed by atoms with Gasteiger partial charge in [0.2, 0.25) is 5.91 Å². The Morgan fingerprint density at radius 1 is 1.18 bits per heavy atom. The number of carbonyl (C=O) groups excluding carboxylic acids is 2. The number of carbonyl (C=O) groups is 2. The van der Waals surface area contributed by atoms with E-state index in [9.17, 15) is 9.59 Å². The number of aromatic nitrogens is 1. The van der Waals surface area contributed by atoms with Crippen LogP contribution in [0.25, 0.3) is 0 Å². The molecule has 3 rings (SSSR count). The second-order valence-electron chi connectivity index (χ2n) is 7.02. The zero-order valence-electron chi connectivity index (χ0n) is 16.3. The summed E-state index contributed by atoms with van der Waals surface area (Å²) in [4.78, 5) is 27.8. The summed E-state index contributed by atoms with van der Waals surface area (Å²) in [7, 11) is 0. The maximum absolute atomic E-state index is 12.6. The monoisotopic (exact) mass is 401 g/mol. The molecule has 0 unspecified atom stereocenters. The summed E-state index contributed by atoms with van der Waals surface area (Å²) < 4.78 is 5.23. The van der Waals surface area contributed by atoms with E-state index in [1.807, 2.05) is 36.1 Å². The second-order valence-corrected chi connectivity index (χ2v) is 8.04. The first-order valence-electron chi connectivity index (χ1n) is 9.83. The zero-order chi connectivity index (χ0) is 19.8. The molecular formula is C21H27N3O3S. The quantitative estimate of drug-likeness (QED) is 0.714. The molecule has 0 bridgehead atoms. The summed E-state index contributed by atoms with van der Waals surface area (Å²) in [6.07, 6.45) is 4.89. The van der Waals surface area contributed by atoms with Gasteiger partial charge in [0.25, 0.3) is 5.91 Å². The van der Waals surface area contributed by atoms with E-state index in [4.69, 9.17) is 4.52 Å². The van der Waals surface area contributed by atoms with E-state index in [2.05, 4.69) is 10.5 Å². The summed E-state index contributed by atoms with van der Waals surface area (Å²) in [5.74, 6) is 1.37. The number of hydrogen-bond donors (Lipinski definition) is 1. The van der Waals surface area contributed by atoms with Gasteiger partial charge in [-0.3, -0.25) is 9.59 Å². The average Bonchev–Trinajstić information content (AvgIpc) is 2.94. The number of nitrogens with one attached hydrogen (secondary N) is 1. The van der Waals surface area contributed by atoms with Crippen LogP contribution in [-0.2, 0) is 10.5 Å². The highest BCUT2D eigenvalue weighted by Crippen LogP contribution is 2.26. The van der Waals surface area contributed by atoms with E-state index in [1.54, 1.807) is 6.07 Å². The van der Waals surface area contributed by atoms with Gasteiger partial charge in [-0.1, -0.05) is 30.1 Å². The Morgan fingerprint density at radius 3 is 2.64 bits per heavy atom. The van der Waals surface area contributed by atoms with E-state index in [0.29, 0.717) is 24.3 Å². The van der Waals surface area contributed by atoms with Crippen LogP contribution < -0.4 is 5.32 Å². The van der Waals surface area contributed by atoms with Crippen molar-refractivity contribution < 1.29 is 14.1 Å². The molecule has 0 saturated carbocycles. The topological polar surface area (TPSA) is 75.4 Å². The fraction of sp³-hybridized carbons (Fsp3) is 0.476.